The Bertz CT molecular complexity index is 386. The van der Waals surface area contributed by atoms with Crippen LogP contribution in [0.1, 0.15) is 46.5 Å². The Labute approximate surface area is 114 Å². The van der Waals surface area contributed by atoms with Gasteiger partial charge in [-0.15, -0.1) is 0 Å². The van der Waals surface area contributed by atoms with E-state index in [0.29, 0.717) is 31.3 Å². The van der Waals surface area contributed by atoms with Crippen molar-refractivity contribution in [2.75, 3.05) is 0 Å². The second-order valence-corrected chi connectivity index (χ2v) is 7.15. The maximum absolute atomic E-state index is 11.1. The van der Waals surface area contributed by atoms with Gasteiger partial charge >= 0.3 is 0 Å². The minimum atomic E-state index is -1.52. The van der Waals surface area contributed by atoms with Crippen molar-refractivity contribution in [2.45, 2.75) is 69.9 Å². The highest BCUT2D eigenvalue weighted by molar-refractivity contribution is 5.30. The summed E-state index contributed by atoms with van der Waals surface area (Å²) >= 11 is 0. The van der Waals surface area contributed by atoms with E-state index in [-0.39, 0.29) is 0 Å². The first kappa shape index (κ1) is 15.0. The fraction of sp³-hybridized carbons (Fsp3) is 0.867. The first-order chi connectivity index (χ1) is 8.54. The molecule has 0 radical (unpaired) electrons. The van der Waals surface area contributed by atoms with Crippen LogP contribution < -0.4 is 0 Å². The van der Waals surface area contributed by atoms with Gasteiger partial charge in [0, 0.05) is 11.3 Å². The van der Waals surface area contributed by atoms with Crippen molar-refractivity contribution >= 4 is 0 Å². The van der Waals surface area contributed by atoms with Gasteiger partial charge in [0.05, 0.1) is 17.8 Å². The number of hydrogen-bond acceptors (Lipinski definition) is 4. The summed E-state index contributed by atoms with van der Waals surface area (Å²) in [5, 5.41) is 41.9. The molecule has 0 aromatic carbocycles. The van der Waals surface area contributed by atoms with Crippen LogP contribution in [0, 0.1) is 11.3 Å². The molecule has 0 aliphatic heterocycles. The Morgan fingerprint density at radius 3 is 2.26 bits per heavy atom. The maximum atomic E-state index is 11.1. The zero-order chi connectivity index (χ0) is 14.6. The lowest BCUT2D eigenvalue weighted by Gasteiger charge is -2.59. The molecule has 19 heavy (non-hydrogen) atoms. The molecule has 0 spiro atoms. The third-order valence-electron chi connectivity index (χ3n) is 5.51. The molecule has 4 nitrogen and oxygen atoms in total. The minimum Gasteiger partial charge on any atom is -0.390 e. The van der Waals surface area contributed by atoms with Crippen molar-refractivity contribution in [1.82, 2.24) is 0 Å². The second-order valence-electron chi connectivity index (χ2n) is 7.15. The molecule has 0 heterocycles. The van der Waals surface area contributed by atoms with Crippen molar-refractivity contribution in [3.8, 4) is 0 Å². The lowest BCUT2D eigenvalue weighted by Crippen LogP contribution is -2.67. The largest absolute Gasteiger partial charge is 0.390 e. The molecule has 0 bridgehead atoms. The molecule has 110 valence electrons. The second kappa shape index (κ2) is 4.29. The highest BCUT2D eigenvalue weighted by Gasteiger charge is 2.62. The molecule has 0 saturated heterocycles. The van der Waals surface area contributed by atoms with E-state index in [0.717, 1.165) is 0 Å². The summed E-state index contributed by atoms with van der Waals surface area (Å²) in [7, 11) is 0. The number of aliphatic hydroxyl groups is 4. The average Bonchev–Trinajstić information content (AvgIpc) is 2.29. The predicted octanol–water partition coefficient (Wildman–Crippen LogP) is 0.976. The van der Waals surface area contributed by atoms with E-state index in [1.807, 2.05) is 6.92 Å². The van der Waals surface area contributed by atoms with Crippen LogP contribution in [0.3, 0.4) is 0 Å². The SMILES string of the molecule is C=C1[C@@H](O)CC[C@]2(C)CC[C@@H](C(C)(C)O)[C@@H](O)[C@@]12O. The van der Waals surface area contributed by atoms with Gasteiger partial charge in [-0.05, 0) is 45.1 Å². The van der Waals surface area contributed by atoms with Gasteiger partial charge in [-0.3, -0.25) is 0 Å². The lowest BCUT2D eigenvalue weighted by atomic mass is 9.50. The van der Waals surface area contributed by atoms with E-state index in [1.165, 1.54) is 0 Å². The molecule has 2 rings (SSSR count). The average molecular weight is 270 g/mol. The first-order valence-electron chi connectivity index (χ1n) is 7.04. The first-order valence-corrected chi connectivity index (χ1v) is 7.04. The molecule has 2 saturated carbocycles. The molecule has 4 heteroatoms. The van der Waals surface area contributed by atoms with Crippen LogP contribution in [0.15, 0.2) is 12.2 Å². The quantitative estimate of drug-likeness (QED) is 0.535. The monoisotopic (exact) mass is 270 g/mol. The number of aliphatic hydroxyl groups excluding tert-OH is 2. The molecule has 0 aromatic heterocycles. The fourth-order valence-corrected chi connectivity index (χ4v) is 3.99. The molecule has 0 amide bonds. The summed E-state index contributed by atoms with van der Waals surface area (Å²) in [5.41, 5.74) is -2.78. The Morgan fingerprint density at radius 2 is 1.74 bits per heavy atom. The van der Waals surface area contributed by atoms with Crippen molar-refractivity contribution in [2.24, 2.45) is 11.3 Å². The summed E-state index contributed by atoms with van der Waals surface area (Å²) in [4.78, 5) is 0. The van der Waals surface area contributed by atoms with E-state index < -0.39 is 34.7 Å². The highest BCUT2D eigenvalue weighted by atomic mass is 16.4. The number of fused-ring (bicyclic) bond motifs is 1. The van der Waals surface area contributed by atoms with Gasteiger partial charge in [-0.1, -0.05) is 13.5 Å². The van der Waals surface area contributed by atoms with E-state index in [4.69, 9.17) is 0 Å². The zero-order valence-corrected chi connectivity index (χ0v) is 12.1. The molecule has 2 fully saturated rings. The standard InChI is InChI=1S/C15H26O4/c1-9-11(16)6-8-14(4)7-5-10(13(2,3)18)12(17)15(9,14)19/h10-12,16-19H,1,5-8H2,2-4H3/t10-,11+,12-,14+,15+/m1/s1. The molecule has 5 atom stereocenters. The van der Waals surface area contributed by atoms with Gasteiger partial charge in [0.25, 0.3) is 0 Å². The number of rotatable bonds is 1. The number of hydrogen-bond donors (Lipinski definition) is 4. The zero-order valence-electron chi connectivity index (χ0n) is 12.1. The highest BCUT2D eigenvalue weighted by Crippen LogP contribution is 2.57. The van der Waals surface area contributed by atoms with Gasteiger partial charge in [-0.2, -0.15) is 0 Å². The van der Waals surface area contributed by atoms with Crippen LogP contribution >= 0.6 is 0 Å². The van der Waals surface area contributed by atoms with Gasteiger partial charge in [-0.25, -0.2) is 0 Å². The van der Waals surface area contributed by atoms with E-state index >= 15 is 0 Å². The Morgan fingerprint density at radius 1 is 1.21 bits per heavy atom. The Kier molecular flexibility index (Phi) is 3.38. The van der Waals surface area contributed by atoms with Crippen LogP contribution in [0.25, 0.3) is 0 Å². The summed E-state index contributed by atoms with van der Waals surface area (Å²) in [6.45, 7) is 9.06. The minimum absolute atomic E-state index is 0.294. The van der Waals surface area contributed by atoms with Crippen molar-refractivity contribution in [1.29, 1.82) is 0 Å². The third kappa shape index (κ3) is 1.97. The Balaban J connectivity index is 2.43. The maximum Gasteiger partial charge on any atom is 0.119 e. The molecule has 0 unspecified atom stereocenters. The molecule has 0 aromatic rings. The summed E-state index contributed by atoms with van der Waals surface area (Å²) in [6.07, 6.45) is 0.701. The summed E-state index contributed by atoms with van der Waals surface area (Å²) in [6, 6.07) is 0. The van der Waals surface area contributed by atoms with E-state index in [9.17, 15) is 20.4 Å². The van der Waals surface area contributed by atoms with Crippen molar-refractivity contribution < 1.29 is 20.4 Å². The molecular weight excluding hydrogens is 244 g/mol. The van der Waals surface area contributed by atoms with Gasteiger partial charge in [0.2, 0.25) is 0 Å². The van der Waals surface area contributed by atoms with Gasteiger partial charge < -0.3 is 20.4 Å². The van der Waals surface area contributed by atoms with Crippen LogP contribution in [-0.2, 0) is 0 Å². The smallest absolute Gasteiger partial charge is 0.119 e. The van der Waals surface area contributed by atoms with Crippen LogP contribution in [0.5, 0.6) is 0 Å². The topological polar surface area (TPSA) is 80.9 Å². The van der Waals surface area contributed by atoms with Crippen molar-refractivity contribution in [3.63, 3.8) is 0 Å². The van der Waals surface area contributed by atoms with E-state index in [2.05, 4.69) is 6.58 Å². The van der Waals surface area contributed by atoms with Crippen molar-refractivity contribution in [3.05, 3.63) is 12.2 Å². The van der Waals surface area contributed by atoms with Gasteiger partial charge in [0.15, 0.2) is 0 Å². The molecule has 4 N–H and O–H groups in total. The summed E-state index contributed by atoms with van der Waals surface area (Å²) in [5.74, 6) is -0.423. The van der Waals surface area contributed by atoms with Crippen LogP contribution in [0.2, 0.25) is 0 Å². The normalized spacial score (nSPS) is 47.9. The van der Waals surface area contributed by atoms with E-state index in [1.54, 1.807) is 13.8 Å². The van der Waals surface area contributed by atoms with Crippen LogP contribution in [0.4, 0.5) is 0 Å². The third-order valence-corrected chi connectivity index (χ3v) is 5.51. The summed E-state index contributed by atoms with van der Waals surface area (Å²) < 4.78 is 0. The lowest BCUT2D eigenvalue weighted by molar-refractivity contribution is -0.221. The fourth-order valence-electron chi connectivity index (χ4n) is 3.99. The molecule has 2 aliphatic rings. The van der Waals surface area contributed by atoms with Gasteiger partial charge in [0.1, 0.15) is 5.60 Å². The van der Waals surface area contributed by atoms with Crippen LogP contribution in [-0.4, -0.2) is 43.8 Å². The Hall–Kier alpha value is -0.420. The molecular formula is C15H26O4. The predicted molar refractivity (Wildman–Crippen MR) is 72.5 cm³/mol. The molecule has 2 aliphatic carbocycles.